The number of carbonyl (C=O) groups excluding carboxylic acids is 1. The highest BCUT2D eigenvalue weighted by molar-refractivity contribution is 5.88. The van der Waals surface area contributed by atoms with E-state index in [1.165, 1.54) is 7.11 Å². The van der Waals surface area contributed by atoms with Crippen LogP contribution in [0.2, 0.25) is 0 Å². The number of rotatable bonds is 2. The molecular formula is C7H13NO2. The maximum Gasteiger partial charge on any atom is 0.354 e. The lowest BCUT2D eigenvalue weighted by atomic mass is 10.2. The van der Waals surface area contributed by atoms with Gasteiger partial charge in [-0.25, -0.2) is 4.79 Å². The van der Waals surface area contributed by atoms with E-state index in [9.17, 15) is 4.79 Å². The molecule has 3 nitrogen and oxygen atoms in total. The van der Waals surface area contributed by atoms with E-state index in [2.05, 4.69) is 10.1 Å². The zero-order valence-corrected chi connectivity index (χ0v) is 6.82. The SMILES string of the molecule is CNC(C(=O)OC)=C(C)C. The molecule has 0 unspecified atom stereocenters. The first-order chi connectivity index (χ1) is 4.63. The summed E-state index contributed by atoms with van der Waals surface area (Å²) in [6.07, 6.45) is 0. The largest absolute Gasteiger partial charge is 0.464 e. The molecule has 0 bridgehead atoms. The average Bonchev–Trinajstić information content (AvgIpc) is 1.88. The Hall–Kier alpha value is -0.990. The Morgan fingerprint density at radius 2 is 1.90 bits per heavy atom. The summed E-state index contributed by atoms with van der Waals surface area (Å²) in [5.41, 5.74) is 1.46. The summed E-state index contributed by atoms with van der Waals surface area (Å²) in [6, 6.07) is 0. The molecule has 3 heteroatoms. The highest BCUT2D eigenvalue weighted by Crippen LogP contribution is 1.99. The van der Waals surface area contributed by atoms with Gasteiger partial charge in [0.05, 0.1) is 7.11 Å². The van der Waals surface area contributed by atoms with Crippen molar-refractivity contribution in [3.8, 4) is 0 Å². The molecule has 0 saturated heterocycles. The zero-order chi connectivity index (χ0) is 8.15. The second-order valence-corrected chi connectivity index (χ2v) is 2.12. The number of esters is 1. The fourth-order valence-electron chi connectivity index (χ4n) is 0.658. The Kier molecular flexibility index (Phi) is 3.54. The highest BCUT2D eigenvalue weighted by Gasteiger charge is 2.07. The van der Waals surface area contributed by atoms with E-state index in [0.717, 1.165) is 5.57 Å². The molecular weight excluding hydrogens is 130 g/mol. The highest BCUT2D eigenvalue weighted by atomic mass is 16.5. The molecule has 0 aliphatic carbocycles. The van der Waals surface area contributed by atoms with Gasteiger partial charge in [-0.05, 0) is 19.4 Å². The molecule has 0 aliphatic rings. The molecule has 0 radical (unpaired) electrons. The van der Waals surface area contributed by atoms with Gasteiger partial charge in [0.1, 0.15) is 5.70 Å². The Morgan fingerprint density at radius 3 is 2.00 bits per heavy atom. The van der Waals surface area contributed by atoms with Crippen LogP contribution in [0, 0.1) is 0 Å². The quantitative estimate of drug-likeness (QED) is 0.456. The van der Waals surface area contributed by atoms with Crippen molar-refractivity contribution in [2.24, 2.45) is 0 Å². The fourth-order valence-corrected chi connectivity index (χ4v) is 0.658. The van der Waals surface area contributed by atoms with Crippen molar-refractivity contribution in [3.05, 3.63) is 11.3 Å². The van der Waals surface area contributed by atoms with E-state index in [1.807, 2.05) is 13.8 Å². The van der Waals surface area contributed by atoms with Gasteiger partial charge in [-0.1, -0.05) is 0 Å². The van der Waals surface area contributed by atoms with Gasteiger partial charge in [-0.3, -0.25) is 0 Å². The average molecular weight is 143 g/mol. The first-order valence-electron chi connectivity index (χ1n) is 3.07. The monoisotopic (exact) mass is 143 g/mol. The van der Waals surface area contributed by atoms with Gasteiger partial charge >= 0.3 is 5.97 Å². The number of nitrogens with one attached hydrogen (secondary N) is 1. The van der Waals surface area contributed by atoms with Gasteiger partial charge in [0.2, 0.25) is 0 Å². The van der Waals surface area contributed by atoms with Crippen LogP contribution in [0.1, 0.15) is 13.8 Å². The van der Waals surface area contributed by atoms with Crippen LogP contribution in [0.3, 0.4) is 0 Å². The smallest absolute Gasteiger partial charge is 0.354 e. The normalized spacial score (nSPS) is 8.40. The van der Waals surface area contributed by atoms with Crippen LogP contribution >= 0.6 is 0 Å². The first kappa shape index (κ1) is 9.01. The molecule has 0 fully saturated rings. The number of allylic oxidation sites excluding steroid dienone is 1. The van der Waals surface area contributed by atoms with Crippen LogP contribution in [0.5, 0.6) is 0 Å². The van der Waals surface area contributed by atoms with Gasteiger partial charge < -0.3 is 10.1 Å². The van der Waals surface area contributed by atoms with Crippen molar-refractivity contribution < 1.29 is 9.53 Å². The second-order valence-electron chi connectivity index (χ2n) is 2.12. The third-order valence-electron chi connectivity index (χ3n) is 1.14. The molecule has 1 N–H and O–H groups in total. The van der Waals surface area contributed by atoms with Gasteiger partial charge in [0, 0.05) is 7.05 Å². The summed E-state index contributed by atoms with van der Waals surface area (Å²) >= 11 is 0. The molecule has 0 spiro atoms. The molecule has 0 rings (SSSR count). The molecule has 0 aromatic rings. The van der Waals surface area contributed by atoms with Crippen LogP contribution < -0.4 is 5.32 Å². The summed E-state index contributed by atoms with van der Waals surface area (Å²) in [6.45, 7) is 3.70. The van der Waals surface area contributed by atoms with Crippen LogP contribution in [-0.2, 0) is 9.53 Å². The predicted octanol–water partition coefficient (Wildman–Crippen LogP) is 0.673. The van der Waals surface area contributed by atoms with E-state index >= 15 is 0 Å². The summed E-state index contributed by atoms with van der Waals surface area (Å²) in [5.74, 6) is -0.317. The molecule has 0 amide bonds. The van der Waals surface area contributed by atoms with Crippen LogP contribution in [-0.4, -0.2) is 20.1 Å². The molecule has 0 heterocycles. The molecule has 0 aliphatic heterocycles. The third-order valence-corrected chi connectivity index (χ3v) is 1.14. The van der Waals surface area contributed by atoms with Crippen molar-refractivity contribution >= 4 is 5.97 Å². The standard InChI is InChI=1S/C7H13NO2/c1-5(2)6(8-3)7(9)10-4/h8H,1-4H3. The van der Waals surface area contributed by atoms with Crippen molar-refractivity contribution in [3.63, 3.8) is 0 Å². The van der Waals surface area contributed by atoms with Crippen LogP contribution in [0.15, 0.2) is 11.3 Å². The molecule has 58 valence electrons. The van der Waals surface area contributed by atoms with Gasteiger partial charge in [0.15, 0.2) is 0 Å². The van der Waals surface area contributed by atoms with Gasteiger partial charge in [-0.2, -0.15) is 0 Å². The van der Waals surface area contributed by atoms with Crippen molar-refractivity contribution in [2.75, 3.05) is 14.2 Å². The predicted molar refractivity (Wildman–Crippen MR) is 39.4 cm³/mol. The maximum atomic E-state index is 10.8. The lowest BCUT2D eigenvalue weighted by Gasteiger charge is -2.05. The summed E-state index contributed by atoms with van der Waals surface area (Å²) < 4.78 is 4.51. The van der Waals surface area contributed by atoms with E-state index in [0.29, 0.717) is 5.70 Å². The van der Waals surface area contributed by atoms with Crippen LogP contribution in [0.4, 0.5) is 0 Å². The van der Waals surface area contributed by atoms with Crippen LogP contribution in [0.25, 0.3) is 0 Å². The van der Waals surface area contributed by atoms with Gasteiger partial charge in [0.25, 0.3) is 0 Å². The summed E-state index contributed by atoms with van der Waals surface area (Å²) in [4.78, 5) is 10.8. The zero-order valence-electron chi connectivity index (χ0n) is 6.82. The summed E-state index contributed by atoms with van der Waals surface area (Å²) in [5, 5.41) is 2.76. The Morgan fingerprint density at radius 1 is 1.40 bits per heavy atom. The Labute approximate surface area is 61.1 Å². The lowest BCUT2D eigenvalue weighted by Crippen LogP contribution is -2.18. The first-order valence-corrected chi connectivity index (χ1v) is 3.07. The van der Waals surface area contributed by atoms with E-state index < -0.39 is 0 Å². The number of likely N-dealkylation sites (N-methyl/N-ethyl adjacent to an activating group) is 1. The molecule has 0 atom stereocenters. The van der Waals surface area contributed by atoms with E-state index in [4.69, 9.17) is 0 Å². The number of ether oxygens (including phenoxy) is 1. The lowest BCUT2D eigenvalue weighted by molar-refractivity contribution is -0.136. The minimum atomic E-state index is -0.317. The van der Waals surface area contributed by atoms with Crippen molar-refractivity contribution in [1.29, 1.82) is 0 Å². The third kappa shape index (κ3) is 2.09. The molecule has 0 saturated carbocycles. The molecule has 0 aromatic carbocycles. The van der Waals surface area contributed by atoms with Crippen molar-refractivity contribution in [2.45, 2.75) is 13.8 Å². The topological polar surface area (TPSA) is 38.3 Å². The fraction of sp³-hybridized carbons (Fsp3) is 0.571. The Bertz CT molecular complexity index is 157. The second kappa shape index (κ2) is 3.93. The minimum Gasteiger partial charge on any atom is -0.464 e. The van der Waals surface area contributed by atoms with E-state index in [-0.39, 0.29) is 5.97 Å². The number of hydrogen-bond donors (Lipinski definition) is 1. The van der Waals surface area contributed by atoms with Crippen molar-refractivity contribution in [1.82, 2.24) is 5.32 Å². The minimum absolute atomic E-state index is 0.317. The number of carbonyl (C=O) groups is 1. The van der Waals surface area contributed by atoms with E-state index in [1.54, 1.807) is 7.05 Å². The number of methoxy groups -OCH3 is 1. The Balaban J connectivity index is 4.37. The number of hydrogen-bond acceptors (Lipinski definition) is 3. The summed E-state index contributed by atoms with van der Waals surface area (Å²) in [7, 11) is 3.06. The molecule has 0 aromatic heterocycles. The maximum absolute atomic E-state index is 10.8. The van der Waals surface area contributed by atoms with Gasteiger partial charge in [-0.15, -0.1) is 0 Å². The molecule has 10 heavy (non-hydrogen) atoms.